The molecule has 88 valence electrons. The quantitative estimate of drug-likeness (QED) is 0.839. The number of nitrogens with one attached hydrogen (secondary N) is 1. The second-order valence-corrected chi connectivity index (χ2v) is 5.49. The standard InChI is InChI=1S/C11H18N4S/c1-2-10-13-11(16-14-10)15-4-3-8-5-12-6-9(8)7-15/h8-9,12H,2-7H2,1H3. The van der Waals surface area contributed by atoms with Gasteiger partial charge in [-0.1, -0.05) is 6.92 Å². The van der Waals surface area contributed by atoms with Crippen LogP contribution in [0.15, 0.2) is 0 Å². The smallest absolute Gasteiger partial charge is 0.205 e. The fourth-order valence-electron chi connectivity index (χ4n) is 2.73. The van der Waals surface area contributed by atoms with E-state index in [1.54, 1.807) is 11.5 Å². The molecule has 2 aliphatic heterocycles. The maximum atomic E-state index is 4.58. The van der Waals surface area contributed by atoms with Crippen molar-refractivity contribution in [3.63, 3.8) is 0 Å². The van der Waals surface area contributed by atoms with E-state index in [4.69, 9.17) is 0 Å². The van der Waals surface area contributed by atoms with Crippen LogP contribution in [-0.4, -0.2) is 35.5 Å². The Morgan fingerprint density at radius 2 is 2.31 bits per heavy atom. The van der Waals surface area contributed by atoms with Crippen molar-refractivity contribution in [3.8, 4) is 0 Å². The summed E-state index contributed by atoms with van der Waals surface area (Å²) < 4.78 is 4.37. The molecule has 4 nitrogen and oxygen atoms in total. The zero-order chi connectivity index (χ0) is 11.0. The molecule has 5 heteroatoms. The number of nitrogens with zero attached hydrogens (tertiary/aromatic N) is 3. The van der Waals surface area contributed by atoms with Gasteiger partial charge in [0.2, 0.25) is 5.13 Å². The fraction of sp³-hybridized carbons (Fsp3) is 0.818. The summed E-state index contributed by atoms with van der Waals surface area (Å²) in [5.41, 5.74) is 0. The molecule has 2 unspecified atom stereocenters. The highest BCUT2D eigenvalue weighted by atomic mass is 32.1. The first kappa shape index (κ1) is 10.5. The van der Waals surface area contributed by atoms with Gasteiger partial charge in [0.1, 0.15) is 5.82 Å². The van der Waals surface area contributed by atoms with E-state index in [0.717, 1.165) is 42.3 Å². The van der Waals surface area contributed by atoms with Gasteiger partial charge in [-0.2, -0.15) is 4.37 Å². The van der Waals surface area contributed by atoms with E-state index in [9.17, 15) is 0 Å². The van der Waals surface area contributed by atoms with Crippen LogP contribution >= 0.6 is 11.5 Å². The van der Waals surface area contributed by atoms with Crippen molar-refractivity contribution in [1.29, 1.82) is 0 Å². The highest BCUT2D eigenvalue weighted by molar-refractivity contribution is 7.09. The van der Waals surface area contributed by atoms with Crippen LogP contribution < -0.4 is 10.2 Å². The van der Waals surface area contributed by atoms with Crippen molar-refractivity contribution in [3.05, 3.63) is 5.82 Å². The predicted octanol–water partition coefficient (Wildman–Crippen LogP) is 1.15. The van der Waals surface area contributed by atoms with Gasteiger partial charge in [0.25, 0.3) is 0 Å². The molecule has 0 aliphatic carbocycles. The summed E-state index contributed by atoms with van der Waals surface area (Å²) in [5, 5.41) is 4.62. The Morgan fingerprint density at radius 1 is 1.44 bits per heavy atom. The topological polar surface area (TPSA) is 41.1 Å². The van der Waals surface area contributed by atoms with Crippen molar-refractivity contribution in [2.24, 2.45) is 11.8 Å². The summed E-state index contributed by atoms with van der Waals surface area (Å²) in [7, 11) is 0. The Labute approximate surface area is 100 Å². The van der Waals surface area contributed by atoms with Gasteiger partial charge in [0.15, 0.2) is 0 Å². The first-order valence-corrected chi connectivity index (χ1v) is 6.92. The third-order valence-electron chi connectivity index (χ3n) is 3.75. The second kappa shape index (κ2) is 4.30. The van der Waals surface area contributed by atoms with E-state index < -0.39 is 0 Å². The molecule has 0 bridgehead atoms. The number of hydrogen-bond donors (Lipinski definition) is 1. The Balaban J connectivity index is 1.71. The van der Waals surface area contributed by atoms with E-state index in [2.05, 4.69) is 26.5 Å². The molecular weight excluding hydrogens is 220 g/mol. The van der Waals surface area contributed by atoms with Gasteiger partial charge in [-0.05, 0) is 31.3 Å². The Kier molecular flexibility index (Phi) is 2.81. The largest absolute Gasteiger partial charge is 0.347 e. The van der Waals surface area contributed by atoms with Crippen LogP contribution in [0.2, 0.25) is 0 Å². The van der Waals surface area contributed by atoms with E-state index in [1.165, 1.54) is 19.5 Å². The maximum absolute atomic E-state index is 4.58. The molecule has 0 saturated carbocycles. The Hall–Kier alpha value is -0.680. The van der Waals surface area contributed by atoms with Crippen molar-refractivity contribution in [2.75, 3.05) is 31.1 Å². The minimum absolute atomic E-state index is 0.822. The molecule has 2 saturated heterocycles. The highest BCUT2D eigenvalue weighted by Gasteiger charge is 2.33. The molecule has 0 spiro atoms. The lowest BCUT2D eigenvalue weighted by Gasteiger charge is -2.33. The van der Waals surface area contributed by atoms with Crippen LogP contribution in [-0.2, 0) is 6.42 Å². The van der Waals surface area contributed by atoms with Crippen LogP contribution in [0, 0.1) is 11.8 Å². The van der Waals surface area contributed by atoms with E-state index >= 15 is 0 Å². The average Bonchev–Trinajstić information content (AvgIpc) is 2.96. The van der Waals surface area contributed by atoms with Crippen LogP contribution in [0.1, 0.15) is 19.2 Å². The molecule has 2 fully saturated rings. The van der Waals surface area contributed by atoms with E-state index in [0.29, 0.717) is 0 Å². The van der Waals surface area contributed by atoms with Gasteiger partial charge < -0.3 is 10.2 Å². The number of rotatable bonds is 2. The third kappa shape index (κ3) is 1.82. The monoisotopic (exact) mass is 238 g/mol. The van der Waals surface area contributed by atoms with Crippen molar-refractivity contribution in [2.45, 2.75) is 19.8 Å². The van der Waals surface area contributed by atoms with Crippen LogP contribution in [0.4, 0.5) is 5.13 Å². The van der Waals surface area contributed by atoms with Gasteiger partial charge in [-0.15, -0.1) is 0 Å². The number of anilines is 1. The molecular formula is C11H18N4S. The van der Waals surface area contributed by atoms with E-state index in [1.807, 2.05) is 0 Å². The lowest BCUT2D eigenvalue weighted by molar-refractivity contribution is 0.348. The predicted molar refractivity (Wildman–Crippen MR) is 66.0 cm³/mol. The molecule has 0 amide bonds. The molecule has 1 aromatic rings. The summed E-state index contributed by atoms with van der Waals surface area (Å²) in [5.74, 6) is 2.71. The summed E-state index contributed by atoms with van der Waals surface area (Å²) in [6, 6.07) is 0. The average molecular weight is 238 g/mol. The molecule has 2 aliphatic rings. The van der Waals surface area contributed by atoms with Crippen LogP contribution in [0.25, 0.3) is 0 Å². The summed E-state index contributed by atoms with van der Waals surface area (Å²) in [6.45, 7) is 6.83. The normalized spacial score (nSPS) is 29.4. The number of fused-ring (bicyclic) bond motifs is 1. The maximum Gasteiger partial charge on any atom is 0.205 e. The van der Waals surface area contributed by atoms with E-state index in [-0.39, 0.29) is 0 Å². The Bertz CT molecular complexity index is 365. The summed E-state index contributed by atoms with van der Waals surface area (Å²) in [4.78, 5) is 7.00. The minimum atomic E-state index is 0.822. The molecule has 0 aromatic carbocycles. The number of aromatic nitrogens is 2. The molecule has 3 rings (SSSR count). The highest BCUT2D eigenvalue weighted by Crippen LogP contribution is 2.30. The molecule has 2 atom stereocenters. The first-order valence-electron chi connectivity index (χ1n) is 6.15. The molecule has 1 aromatic heterocycles. The Morgan fingerprint density at radius 3 is 3.12 bits per heavy atom. The number of piperidine rings is 1. The van der Waals surface area contributed by atoms with Crippen molar-refractivity contribution in [1.82, 2.24) is 14.7 Å². The SMILES string of the molecule is CCc1nsc(N2CCC3CNCC3C2)n1. The van der Waals surface area contributed by atoms with Crippen molar-refractivity contribution < 1.29 is 0 Å². The molecule has 16 heavy (non-hydrogen) atoms. The second-order valence-electron chi connectivity index (χ2n) is 4.76. The molecule has 0 radical (unpaired) electrons. The van der Waals surface area contributed by atoms with Crippen molar-refractivity contribution >= 4 is 16.7 Å². The third-order valence-corrected chi connectivity index (χ3v) is 4.56. The summed E-state index contributed by atoms with van der Waals surface area (Å²) >= 11 is 1.56. The lowest BCUT2D eigenvalue weighted by Crippen LogP contribution is -2.40. The zero-order valence-electron chi connectivity index (χ0n) is 9.65. The first-order chi connectivity index (χ1) is 7.86. The zero-order valence-corrected chi connectivity index (χ0v) is 10.5. The van der Waals surface area contributed by atoms with Gasteiger partial charge in [-0.3, -0.25) is 0 Å². The van der Waals surface area contributed by atoms with Crippen LogP contribution in [0.3, 0.4) is 0 Å². The van der Waals surface area contributed by atoms with Gasteiger partial charge in [-0.25, -0.2) is 4.98 Å². The number of aryl methyl sites for hydroxylation is 1. The fourth-order valence-corrected chi connectivity index (χ4v) is 3.51. The van der Waals surface area contributed by atoms with Gasteiger partial charge >= 0.3 is 0 Å². The number of hydrogen-bond acceptors (Lipinski definition) is 5. The van der Waals surface area contributed by atoms with Gasteiger partial charge in [0.05, 0.1) is 0 Å². The lowest BCUT2D eigenvalue weighted by atomic mass is 9.89. The molecule has 3 heterocycles. The molecule has 1 N–H and O–H groups in total. The van der Waals surface area contributed by atoms with Gasteiger partial charge in [0, 0.05) is 31.0 Å². The van der Waals surface area contributed by atoms with Crippen LogP contribution in [0.5, 0.6) is 0 Å². The minimum Gasteiger partial charge on any atom is -0.347 e. The summed E-state index contributed by atoms with van der Waals surface area (Å²) in [6.07, 6.45) is 2.25.